The largest absolute Gasteiger partial charge is 0.340 e. The van der Waals surface area contributed by atoms with Gasteiger partial charge >= 0.3 is 0 Å². The maximum absolute atomic E-state index is 5.45. The van der Waals surface area contributed by atoms with Gasteiger partial charge in [0.25, 0.3) is 0 Å². The molecular formula is C10H17BrN4S. The molecule has 1 aromatic rings. The molecule has 0 aliphatic heterocycles. The monoisotopic (exact) mass is 304 g/mol. The Hall–Kier alpha value is -0.590. The van der Waals surface area contributed by atoms with Gasteiger partial charge in [0, 0.05) is 28.3 Å². The van der Waals surface area contributed by atoms with Crippen LogP contribution in [0.3, 0.4) is 0 Å². The lowest BCUT2D eigenvalue weighted by Crippen LogP contribution is -2.42. The van der Waals surface area contributed by atoms with Gasteiger partial charge in [0.05, 0.1) is 6.54 Å². The van der Waals surface area contributed by atoms with Gasteiger partial charge in [-0.05, 0) is 28.4 Å². The van der Waals surface area contributed by atoms with E-state index in [1.165, 1.54) is 4.88 Å². The summed E-state index contributed by atoms with van der Waals surface area (Å²) in [6, 6.07) is 2.11. The van der Waals surface area contributed by atoms with E-state index in [0.717, 1.165) is 29.9 Å². The van der Waals surface area contributed by atoms with Gasteiger partial charge < -0.3 is 4.90 Å². The number of halogens is 1. The molecule has 0 saturated carbocycles. The highest BCUT2D eigenvalue weighted by Crippen LogP contribution is 2.20. The molecule has 3 N–H and O–H groups in total. The first-order valence-electron chi connectivity index (χ1n) is 5.12. The van der Waals surface area contributed by atoms with Crippen molar-refractivity contribution in [3.63, 3.8) is 0 Å². The number of rotatable bonds is 4. The normalized spacial score (nSPS) is 11.6. The Morgan fingerprint density at radius 1 is 1.69 bits per heavy atom. The third-order valence-corrected chi connectivity index (χ3v) is 3.67. The maximum Gasteiger partial charge on any atom is 0.208 e. The molecule has 0 aromatic carbocycles. The highest BCUT2D eigenvalue weighted by molar-refractivity contribution is 9.10. The highest BCUT2D eigenvalue weighted by Gasteiger charge is 2.06. The molecule has 0 atom stereocenters. The summed E-state index contributed by atoms with van der Waals surface area (Å²) in [4.78, 5) is 7.64. The molecule has 0 spiro atoms. The van der Waals surface area contributed by atoms with Gasteiger partial charge in [-0.2, -0.15) is 0 Å². The van der Waals surface area contributed by atoms with E-state index in [1.54, 1.807) is 11.3 Å². The predicted octanol–water partition coefficient (Wildman–Crippen LogP) is 2.17. The van der Waals surface area contributed by atoms with Crippen LogP contribution >= 0.6 is 27.3 Å². The number of hydrogen-bond acceptors (Lipinski definition) is 3. The number of nitrogens with two attached hydrogens (primary N) is 1. The molecule has 6 heteroatoms. The lowest BCUT2D eigenvalue weighted by Gasteiger charge is -2.19. The number of hydrogen-bond donors (Lipinski definition) is 2. The molecular weight excluding hydrogens is 288 g/mol. The van der Waals surface area contributed by atoms with Crippen molar-refractivity contribution in [3.8, 4) is 0 Å². The first-order valence-corrected chi connectivity index (χ1v) is 6.79. The van der Waals surface area contributed by atoms with Crippen LogP contribution in [0.5, 0.6) is 0 Å². The zero-order chi connectivity index (χ0) is 12.0. The molecule has 1 aromatic heterocycles. The van der Waals surface area contributed by atoms with Crippen molar-refractivity contribution in [2.75, 3.05) is 13.6 Å². The summed E-state index contributed by atoms with van der Waals surface area (Å²) in [6.07, 6.45) is 1.02. The third-order valence-electron chi connectivity index (χ3n) is 1.99. The van der Waals surface area contributed by atoms with E-state index in [4.69, 9.17) is 5.84 Å². The molecule has 90 valence electrons. The average Bonchev–Trinajstić information content (AvgIpc) is 2.65. The van der Waals surface area contributed by atoms with E-state index in [0.29, 0.717) is 0 Å². The van der Waals surface area contributed by atoms with E-state index >= 15 is 0 Å². The van der Waals surface area contributed by atoms with Gasteiger partial charge in [0.2, 0.25) is 5.96 Å². The van der Waals surface area contributed by atoms with Crippen molar-refractivity contribution in [1.82, 2.24) is 10.3 Å². The van der Waals surface area contributed by atoms with Crippen molar-refractivity contribution in [1.29, 1.82) is 0 Å². The van der Waals surface area contributed by atoms with Gasteiger partial charge in [0.1, 0.15) is 0 Å². The first kappa shape index (κ1) is 13.5. The fraction of sp³-hybridized carbons (Fsp3) is 0.500. The van der Waals surface area contributed by atoms with Crippen molar-refractivity contribution in [3.05, 3.63) is 20.8 Å². The van der Waals surface area contributed by atoms with Gasteiger partial charge in [0.15, 0.2) is 0 Å². The molecule has 0 fully saturated rings. The Morgan fingerprint density at radius 2 is 2.44 bits per heavy atom. The molecule has 0 saturated heterocycles. The second-order valence-corrected chi connectivity index (χ2v) is 5.35. The van der Waals surface area contributed by atoms with E-state index in [1.807, 2.05) is 11.9 Å². The van der Waals surface area contributed by atoms with E-state index < -0.39 is 0 Å². The van der Waals surface area contributed by atoms with Crippen molar-refractivity contribution in [2.45, 2.75) is 19.9 Å². The minimum absolute atomic E-state index is 0.728. The Labute approximate surface area is 109 Å². The second-order valence-electron chi connectivity index (χ2n) is 3.44. The average molecular weight is 305 g/mol. The van der Waals surface area contributed by atoms with Crippen LogP contribution in [0.4, 0.5) is 0 Å². The summed E-state index contributed by atoms with van der Waals surface area (Å²) in [6.45, 7) is 3.69. The topological polar surface area (TPSA) is 53.6 Å². The Balaban J connectivity index is 2.58. The summed E-state index contributed by atoms with van der Waals surface area (Å²) in [5, 5.41) is 2.07. The van der Waals surface area contributed by atoms with Crippen molar-refractivity contribution < 1.29 is 0 Å². The van der Waals surface area contributed by atoms with Gasteiger partial charge in [-0.1, -0.05) is 6.92 Å². The Kier molecular flexibility index (Phi) is 5.79. The lowest BCUT2D eigenvalue weighted by atomic mass is 10.4. The minimum atomic E-state index is 0.728. The van der Waals surface area contributed by atoms with Gasteiger partial charge in [-0.15, -0.1) is 11.3 Å². The van der Waals surface area contributed by atoms with E-state index in [9.17, 15) is 0 Å². The molecule has 0 radical (unpaired) electrons. The molecule has 1 heterocycles. The molecule has 16 heavy (non-hydrogen) atoms. The Bertz CT molecular complexity index is 350. The van der Waals surface area contributed by atoms with Crippen LogP contribution in [0.2, 0.25) is 0 Å². The fourth-order valence-corrected chi connectivity index (χ4v) is 2.74. The predicted molar refractivity (Wildman–Crippen MR) is 73.4 cm³/mol. The zero-order valence-corrected chi connectivity index (χ0v) is 11.9. The molecule has 0 aliphatic carbocycles. The summed E-state index contributed by atoms with van der Waals surface area (Å²) in [5.74, 6) is 6.17. The third kappa shape index (κ3) is 4.11. The molecule has 0 aliphatic rings. The highest BCUT2D eigenvalue weighted by atomic mass is 79.9. The van der Waals surface area contributed by atoms with Crippen molar-refractivity contribution in [2.24, 2.45) is 10.8 Å². The van der Waals surface area contributed by atoms with Crippen LogP contribution in [0, 0.1) is 0 Å². The van der Waals surface area contributed by atoms with Crippen LogP contribution in [0.1, 0.15) is 18.2 Å². The SMILES string of the molecule is CCCN=C(NN)N(C)Cc1cc(Br)cs1. The standard InChI is InChI=1S/C10H17BrN4S/c1-3-4-13-10(14-12)15(2)6-9-5-8(11)7-16-9/h5,7H,3-4,6,12H2,1-2H3,(H,13,14). The van der Waals surface area contributed by atoms with Crippen molar-refractivity contribution >= 4 is 33.2 Å². The number of hydrazine groups is 1. The second kappa shape index (κ2) is 6.88. The van der Waals surface area contributed by atoms with E-state index in [-0.39, 0.29) is 0 Å². The van der Waals surface area contributed by atoms with E-state index in [2.05, 4.69) is 44.7 Å². The molecule has 0 bridgehead atoms. The zero-order valence-electron chi connectivity index (χ0n) is 9.53. The number of nitrogens with zero attached hydrogens (tertiary/aromatic N) is 2. The smallest absolute Gasteiger partial charge is 0.208 e. The lowest BCUT2D eigenvalue weighted by molar-refractivity contribution is 0.481. The maximum atomic E-state index is 5.45. The number of guanidine groups is 1. The van der Waals surface area contributed by atoms with Crippen LogP contribution < -0.4 is 11.3 Å². The van der Waals surface area contributed by atoms with Crippen LogP contribution in [-0.4, -0.2) is 24.5 Å². The molecule has 1 rings (SSSR count). The first-order chi connectivity index (χ1) is 7.67. The van der Waals surface area contributed by atoms with Crippen LogP contribution in [-0.2, 0) is 6.54 Å². The number of nitrogens with one attached hydrogen (secondary N) is 1. The van der Waals surface area contributed by atoms with Gasteiger partial charge in [-0.25, -0.2) is 5.84 Å². The van der Waals surface area contributed by atoms with Crippen LogP contribution in [0.25, 0.3) is 0 Å². The number of thiophene rings is 1. The summed E-state index contributed by atoms with van der Waals surface area (Å²) >= 11 is 5.16. The quantitative estimate of drug-likeness (QED) is 0.388. The molecule has 0 amide bonds. The Morgan fingerprint density at radius 3 is 2.94 bits per heavy atom. The molecule has 0 unspecified atom stereocenters. The van der Waals surface area contributed by atoms with Gasteiger partial charge in [-0.3, -0.25) is 10.4 Å². The fourth-order valence-electron chi connectivity index (χ4n) is 1.24. The minimum Gasteiger partial charge on any atom is -0.340 e. The number of aliphatic imine (C=N–C) groups is 1. The molecule has 4 nitrogen and oxygen atoms in total. The summed E-state index contributed by atoms with van der Waals surface area (Å²) < 4.78 is 1.12. The van der Waals surface area contributed by atoms with Crippen LogP contribution in [0.15, 0.2) is 20.9 Å². The summed E-state index contributed by atoms with van der Waals surface area (Å²) in [7, 11) is 1.97. The summed E-state index contributed by atoms with van der Waals surface area (Å²) in [5.41, 5.74) is 2.63.